The highest BCUT2D eigenvalue weighted by atomic mass is 35.5. The zero-order chi connectivity index (χ0) is 10.5. The van der Waals surface area contributed by atoms with Gasteiger partial charge in [0.25, 0.3) is 0 Å². The summed E-state index contributed by atoms with van der Waals surface area (Å²) in [6.45, 7) is 1.53. The fraction of sp³-hybridized carbons (Fsp3) is 0.455. The first-order valence-corrected chi connectivity index (χ1v) is 5.26. The number of hydrogen-bond donors (Lipinski definition) is 2. The van der Waals surface area contributed by atoms with Crippen molar-refractivity contribution in [2.45, 2.75) is 25.4 Å². The van der Waals surface area contributed by atoms with Crippen molar-refractivity contribution >= 4 is 18.3 Å². The molecule has 0 bridgehead atoms. The molecule has 1 aliphatic rings. The average Bonchev–Trinajstić information content (AvgIpc) is 2.81. The van der Waals surface area contributed by atoms with Gasteiger partial charge in [0.1, 0.15) is 0 Å². The Kier molecular flexibility index (Phi) is 5.22. The molecule has 1 aliphatic heterocycles. The molecule has 88 valence electrons. The van der Waals surface area contributed by atoms with E-state index in [4.69, 9.17) is 0 Å². The molecule has 5 heteroatoms. The first kappa shape index (κ1) is 12.9. The Balaban J connectivity index is 0.00000128. The molecule has 1 amide bonds. The van der Waals surface area contributed by atoms with E-state index in [0.717, 1.165) is 24.9 Å². The maximum Gasteiger partial charge on any atom is 0.237 e. The number of amides is 1. The number of carbonyl (C=O) groups excluding carboxylic acids is 1. The fourth-order valence-corrected chi connectivity index (χ4v) is 1.72. The van der Waals surface area contributed by atoms with Crippen LogP contribution in [0.2, 0.25) is 0 Å². The molecule has 0 aliphatic carbocycles. The van der Waals surface area contributed by atoms with E-state index >= 15 is 0 Å². The van der Waals surface area contributed by atoms with Crippen molar-refractivity contribution in [2.75, 3.05) is 6.54 Å². The van der Waals surface area contributed by atoms with E-state index in [1.54, 1.807) is 12.4 Å². The summed E-state index contributed by atoms with van der Waals surface area (Å²) < 4.78 is 0. The highest BCUT2D eigenvalue weighted by Gasteiger charge is 2.21. The number of nitrogens with zero attached hydrogens (tertiary/aromatic N) is 1. The summed E-state index contributed by atoms with van der Waals surface area (Å²) in [5.74, 6) is 0.101. The third-order valence-electron chi connectivity index (χ3n) is 2.59. The van der Waals surface area contributed by atoms with Crippen molar-refractivity contribution in [1.29, 1.82) is 0 Å². The van der Waals surface area contributed by atoms with E-state index in [9.17, 15) is 4.79 Å². The molecule has 4 nitrogen and oxygen atoms in total. The number of rotatable bonds is 3. The van der Waals surface area contributed by atoms with Crippen molar-refractivity contribution in [1.82, 2.24) is 15.6 Å². The molecule has 0 saturated carbocycles. The van der Waals surface area contributed by atoms with Gasteiger partial charge in [-0.15, -0.1) is 12.4 Å². The van der Waals surface area contributed by atoms with E-state index in [-0.39, 0.29) is 24.4 Å². The third-order valence-corrected chi connectivity index (χ3v) is 2.59. The minimum Gasteiger partial charge on any atom is -0.351 e. The van der Waals surface area contributed by atoms with Crippen LogP contribution < -0.4 is 10.6 Å². The molecule has 2 rings (SSSR count). The van der Waals surface area contributed by atoms with E-state index in [1.165, 1.54) is 0 Å². The van der Waals surface area contributed by atoms with Crippen LogP contribution in [0.3, 0.4) is 0 Å². The van der Waals surface area contributed by atoms with Crippen LogP contribution in [0.15, 0.2) is 24.5 Å². The Hall–Kier alpha value is -1.13. The van der Waals surface area contributed by atoms with Gasteiger partial charge in [-0.25, -0.2) is 0 Å². The number of nitrogens with one attached hydrogen (secondary N) is 2. The number of halogens is 1. The summed E-state index contributed by atoms with van der Waals surface area (Å²) in [6, 6.07) is 3.82. The summed E-state index contributed by atoms with van der Waals surface area (Å²) in [5, 5.41) is 6.08. The number of aromatic nitrogens is 1. The van der Waals surface area contributed by atoms with Gasteiger partial charge < -0.3 is 10.6 Å². The Bertz CT molecular complexity index is 325. The van der Waals surface area contributed by atoms with Gasteiger partial charge >= 0.3 is 0 Å². The normalized spacial score (nSPS) is 18.9. The van der Waals surface area contributed by atoms with Crippen molar-refractivity contribution in [2.24, 2.45) is 0 Å². The molecule has 2 N–H and O–H groups in total. The van der Waals surface area contributed by atoms with Gasteiger partial charge in [-0.05, 0) is 37.1 Å². The molecule has 1 fully saturated rings. The second kappa shape index (κ2) is 6.45. The predicted molar refractivity (Wildman–Crippen MR) is 64.4 cm³/mol. The molecular weight excluding hydrogens is 226 g/mol. The van der Waals surface area contributed by atoms with Crippen molar-refractivity contribution < 1.29 is 4.79 Å². The van der Waals surface area contributed by atoms with E-state index < -0.39 is 0 Å². The summed E-state index contributed by atoms with van der Waals surface area (Å²) in [6.07, 6.45) is 5.50. The molecule has 1 atom stereocenters. The van der Waals surface area contributed by atoms with Gasteiger partial charge in [-0.3, -0.25) is 9.78 Å². The van der Waals surface area contributed by atoms with Crippen LogP contribution in [-0.4, -0.2) is 23.5 Å². The van der Waals surface area contributed by atoms with Gasteiger partial charge in [0.2, 0.25) is 5.91 Å². The topological polar surface area (TPSA) is 54.0 Å². The summed E-state index contributed by atoms with van der Waals surface area (Å²) in [4.78, 5) is 15.6. The second-order valence-electron chi connectivity index (χ2n) is 3.72. The van der Waals surface area contributed by atoms with E-state index in [1.807, 2.05) is 12.1 Å². The van der Waals surface area contributed by atoms with Crippen LogP contribution in [0, 0.1) is 0 Å². The maximum absolute atomic E-state index is 11.6. The summed E-state index contributed by atoms with van der Waals surface area (Å²) in [5.41, 5.74) is 1.08. The van der Waals surface area contributed by atoms with Gasteiger partial charge in [0.05, 0.1) is 6.04 Å². The maximum atomic E-state index is 11.6. The molecule has 0 spiro atoms. The highest BCUT2D eigenvalue weighted by Crippen LogP contribution is 2.05. The van der Waals surface area contributed by atoms with Crippen molar-refractivity contribution in [3.8, 4) is 0 Å². The molecule has 1 saturated heterocycles. The zero-order valence-electron chi connectivity index (χ0n) is 8.98. The lowest BCUT2D eigenvalue weighted by Crippen LogP contribution is -2.39. The smallest absolute Gasteiger partial charge is 0.237 e. The van der Waals surface area contributed by atoms with Crippen molar-refractivity contribution in [3.05, 3.63) is 30.1 Å². The lowest BCUT2D eigenvalue weighted by atomic mass is 10.2. The van der Waals surface area contributed by atoms with Crippen LogP contribution in [-0.2, 0) is 11.3 Å². The van der Waals surface area contributed by atoms with Gasteiger partial charge in [0, 0.05) is 18.9 Å². The quantitative estimate of drug-likeness (QED) is 0.826. The Morgan fingerprint density at radius 3 is 2.88 bits per heavy atom. The number of carbonyl (C=O) groups is 1. The van der Waals surface area contributed by atoms with Gasteiger partial charge in [-0.2, -0.15) is 0 Å². The standard InChI is InChI=1S/C11H15N3O.ClH/c15-11(10-2-1-5-13-10)14-8-9-3-6-12-7-4-9;/h3-4,6-7,10,13H,1-2,5,8H2,(H,14,15);1H. The first-order valence-electron chi connectivity index (χ1n) is 5.26. The van der Waals surface area contributed by atoms with E-state index in [2.05, 4.69) is 15.6 Å². The SMILES string of the molecule is Cl.O=C(NCc1ccncc1)C1CCCN1. The largest absolute Gasteiger partial charge is 0.351 e. The predicted octanol–water partition coefficient (Wildman–Crippen LogP) is 0.872. The average molecular weight is 242 g/mol. The van der Waals surface area contributed by atoms with E-state index in [0.29, 0.717) is 6.54 Å². The summed E-state index contributed by atoms with van der Waals surface area (Å²) in [7, 11) is 0. The first-order chi connectivity index (χ1) is 7.36. The van der Waals surface area contributed by atoms with Gasteiger partial charge in [-0.1, -0.05) is 0 Å². The second-order valence-corrected chi connectivity index (χ2v) is 3.72. The molecule has 0 aromatic carbocycles. The number of pyridine rings is 1. The third kappa shape index (κ3) is 3.47. The lowest BCUT2D eigenvalue weighted by molar-refractivity contribution is -0.122. The van der Waals surface area contributed by atoms with Crippen LogP contribution in [0.5, 0.6) is 0 Å². The zero-order valence-corrected chi connectivity index (χ0v) is 9.80. The Morgan fingerprint density at radius 1 is 1.50 bits per heavy atom. The molecule has 1 aromatic heterocycles. The molecule has 16 heavy (non-hydrogen) atoms. The molecule has 1 unspecified atom stereocenters. The van der Waals surface area contributed by atoms with Crippen LogP contribution >= 0.6 is 12.4 Å². The molecule has 2 heterocycles. The van der Waals surface area contributed by atoms with Crippen LogP contribution in [0.25, 0.3) is 0 Å². The van der Waals surface area contributed by atoms with Crippen molar-refractivity contribution in [3.63, 3.8) is 0 Å². The van der Waals surface area contributed by atoms with Gasteiger partial charge in [0.15, 0.2) is 0 Å². The van der Waals surface area contributed by atoms with Crippen LogP contribution in [0.1, 0.15) is 18.4 Å². The number of hydrogen-bond acceptors (Lipinski definition) is 3. The minimum atomic E-state index is 0. The minimum absolute atomic E-state index is 0. The molecular formula is C11H16ClN3O. The highest BCUT2D eigenvalue weighted by molar-refractivity contribution is 5.85. The van der Waals surface area contributed by atoms with Crippen LogP contribution in [0.4, 0.5) is 0 Å². The summed E-state index contributed by atoms with van der Waals surface area (Å²) >= 11 is 0. The fourth-order valence-electron chi connectivity index (χ4n) is 1.72. The monoisotopic (exact) mass is 241 g/mol. The molecule has 1 aromatic rings. The Labute approximate surface area is 101 Å². The molecule has 0 radical (unpaired) electrons. The lowest BCUT2D eigenvalue weighted by Gasteiger charge is -2.10. The Morgan fingerprint density at radius 2 is 2.25 bits per heavy atom.